The van der Waals surface area contributed by atoms with Crippen LogP contribution in [0, 0.1) is 17.3 Å². The third-order valence-corrected chi connectivity index (χ3v) is 5.85. The summed E-state index contributed by atoms with van der Waals surface area (Å²) in [6, 6.07) is 5.65. The van der Waals surface area contributed by atoms with Crippen LogP contribution < -0.4 is 9.47 Å². The molecule has 3 aliphatic rings. The average molecular weight is 340 g/mol. The Labute approximate surface area is 146 Å². The Hall–Kier alpha value is -2.56. The highest BCUT2D eigenvalue weighted by Gasteiger charge is 2.62. The van der Waals surface area contributed by atoms with Gasteiger partial charge in [-0.1, -0.05) is 19.1 Å². The molecule has 130 valence electrons. The Balaban J connectivity index is 1.84. The fourth-order valence-corrected chi connectivity index (χ4v) is 4.57. The lowest BCUT2D eigenvalue weighted by Crippen LogP contribution is -2.38. The smallest absolute Gasteiger partial charge is 0.231 e. The molecule has 25 heavy (non-hydrogen) atoms. The Morgan fingerprint density at radius 1 is 1.32 bits per heavy atom. The van der Waals surface area contributed by atoms with E-state index in [9.17, 15) is 9.59 Å². The molecule has 1 aliphatic heterocycles. The lowest BCUT2D eigenvalue weighted by Gasteiger charge is -2.31. The first-order valence-corrected chi connectivity index (χ1v) is 8.39. The van der Waals surface area contributed by atoms with Crippen LogP contribution in [0.1, 0.15) is 24.8 Å². The Bertz CT molecular complexity index is 808. The van der Waals surface area contributed by atoms with Gasteiger partial charge in [0.2, 0.25) is 12.6 Å². The quantitative estimate of drug-likeness (QED) is 0.623. The second kappa shape index (κ2) is 5.48. The van der Waals surface area contributed by atoms with E-state index in [1.165, 1.54) is 7.11 Å². The average Bonchev–Trinajstić information content (AvgIpc) is 3.13. The fraction of sp³-hybridized carbons (Fsp3) is 0.400. The molecule has 0 spiro atoms. The predicted molar refractivity (Wildman–Crippen MR) is 90.3 cm³/mol. The summed E-state index contributed by atoms with van der Waals surface area (Å²) in [7, 11) is 1.47. The van der Waals surface area contributed by atoms with Crippen molar-refractivity contribution in [3.8, 4) is 11.5 Å². The van der Waals surface area contributed by atoms with E-state index in [4.69, 9.17) is 14.2 Å². The van der Waals surface area contributed by atoms with Gasteiger partial charge in [-0.2, -0.15) is 0 Å². The molecule has 0 amide bonds. The number of hydrogen-bond donors (Lipinski definition) is 0. The van der Waals surface area contributed by atoms with Crippen LogP contribution in [0.2, 0.25) is 0 Å². The highest BCUT2D eigenvalue weighted by molar-refractivity contribution is 6.17. The maximum atomic E-state index is 13.2. The first-order valence-electron chi connectivity index (χ1n) is 8.39. The number of ketones is 2. The molecule has 0 aromatic heterocycles. The Morgan fingerprint density at radius 2 is 2.08 bits per heavy atom. The minimum Gasteiger partial charge on any atom is -0.493 e. The monoisotopic (exact) mass is 340 g/mol. The van der Waals surface area contributed by atoms with Gasteiger partial charge in [0, 0.05) is 5.92 Å². The first kappa shape index (κ1) is 15.9. The van der Waals surface area contributed by atoms with Crippen LogP contribution in [0.15, 0.2) is 42.7 Å². The van der Waals surface area contributed by atoms with Crippen LogP contribution in [-0.2, 0) is 14.3 Å². The summed E-state index contributed by atoms with van der Waals surface area (Å²) >= 11 is 0. The molecular weight excluding hydrogens is 320 g/mol. The highest BCUT2D eigenvalue weighted by atomic mass is 16.7. The molecule has 1 saturated carbocycles. The van der Waals surface area contributed by atoms with Crippen molar-refractivity contribution in [2.24, 2.45) is 17.3 Å². The molecular formula is C20H20O5. The molecule has 2 aliphatic carbocycles. The van der Waals surface area contributed by atoms with E-state index in [2.05, 4.69) is 6.58 Å². The fourth-order valence-electron chi connectivity index (χ4n) is 4.57. The molecule has 0 saturated heterocycles. The number of hydrogen-bond acceptors (Lipinski definition) is 5. The van der Waals surface area contributed by atoms with Crippen LogP contribution >= 0.6 is 0 Å². The Kier molecular flexibility index (Phi) is 3.49. The highest BCUT2D eigenvalue weighted by Crippen LogP contribution is 2.59. The molecule has 1 fully saturated rings. The first-order chi connectivity index (χ1) is 12.0. The maximum absolute atomic E-state index is 13.2. The van der Waals surface area contributed by atoms with Crippen molar-refractivity contribution >= 4 is 11.6 Å². The van der Waals surface area contributed by atoms with Crippen molar-refractivity contribution < 1.29 is 23.8 Å². The number of ether oxygens (including phenoxy) is 3. The summed E-state index contributed by atoms with van der Waals surface area (Å²) in [6.07, 6.45) is 3.95. The zero-order chi connectivity index (χ0) is 17.8. The summed E-state index contributed by atoms with van der Waals surface area (Å²) in [6.45, 7) is 6.02. The number of Topliss-reactive ketones (excluding diaryl/α,β-unsaturated/α-hetero) is 2. The normalized spacial score (nSPS) is 32.6. The third kappa shape index (κ3) is 2.01. The lowest BCUT2D eigenvalue weighted by molar-refractivity contribution is -0.136. The van der Waals surface area contributed by atoms with Crippen LogP contribution in [0.25, 0.3) is 0 Å². The maximum Gasteiger partial charge on any atom is 0.231 e. The number of allylic oxidation sites excluding steroid dienone is 3. The summed E-state index contributed by atoms with van der Waals surface area (Å²) in [5, 5.41) is 0. The number of benzene rings is 1. The number of fused-ring (bicyclic) bond motifs is 3. The molecule has 4 atom stereocenters. The molecule has 1 aromatic carbocycles. The largest absolute Gasteiger partial charge is 0.493 e. The van der Waals surface area contributed by atoms with Crippen molar-refractivity contribution in [1.29, 1.82) is 0 Å². The van der Waals surface area contributed by atoms with Crippen LogP contribution in [-0.4, -0.2) is 25.5 Å². The zero-order valence-electron chi connectivity index (χ0n) is 14.3. The topological polar surface area (TPSA) is 61.8 Å². The van der Waals surface area contributed by atoms with Gasteiger partial charge in [0.1, 0.15) is 0 Å². The van der Waals surface area contributed by atoms with E-state index in [0.717, 1.165) is 5.56 Å². The van der Waals surface area contributed by atoms with Crippen molar-refractivity contribution in [2.45, 2.75) is 19.3 Å². The molecule has 1 aromatic rings. The van der Waals surface area contributed by atoms with E-state index in [0.29, 0.717) is 17.9 Å². The number of carbonyl (C=O) groups excluding carboxylic acids is 2. The van der Waals surface area contributed by atoms with Crippen molar-refractivity contribution in [3.63, 3.8) is 0 Å². The zero-order valence-corrected chi connectivity index (χ0v) is 14.3. The summed E-state index contributed by atoms with van der Waals surface area (Å²) in [4.78, 5) is 26.0. The third-order valence-electron chi connectivity index (χ3n) is 5.85. The number of rotatable bonds is 4. The molecule has 0 unspecified atom stereocenters. The van der Waals surface area contributed by atoms with Gasteiger partial charge in [-0.05, 0) is 36.1 Å². The Morgan fingerprint density at radius 3 is 2.80 bits per heavy atom. The van der Waals surface area contributed by atoms with E-state index in [1.54, 1.807) is 12.2 Å². The van der Waals surface area contributed by atoms with Gasteiger partial charge in [0.15, 0.2) is 23.0 Å². The van der Waals surface area contributed by atoms with Gasteiger partial charge >= 0.3 is 0 Å². The van der Waals surface area contributed by atoms with Gasteiger partial charge < -0.3 is 14.2 Å². The predicted octanol–water partition coefficient (Wildman–Crippen LogP) is 3.01. The lowest BCUT2D eigenvalue weighted by atomic mass is 9.71. The summed E-state index contributed by atoms with van der Waals surface area (Å²) < 4.78 is 16.1. The summed E-state index contributed by atoms with van der Waals surface area (Å²) in [5.41, 5.74) is 0.173. The molecule has 5 heteroatoms. The second-order valence-electron chi connectivity index (χ2n) is 6.88. The van der Waals surface area contributed by atoms with E-state index < -0.39 is 11.3 Å². The minimum atomic E-state index is -0.743. The van der Waals surface area contributed by atoms with E-state index >= 15 is 0 Å². The standard InChI is InChI=1S/C20H20O5/c1-4-7-20-9-15(23-3)18(21)17(19(20)22)16(11(20)2)12-5-6-13-14(8-12)25-10-24-13/h4-6,8-9,11,16-17H,1,7,10H2,2-3H3/t11-,16+,17-,20-/m1/s1. The van der Waals surface area contributed by atoms with Gasteiger partial charge in [-0.25, -0.2) is 0 Å². The molecule has 4 rings (SSSR count). The van der Waals surface area contributed by atoms with Gasteiger partial charge in [0.25, 0.3) is 0 Å². The molecule has 5 nitrogen and oxygen atoms in total. The van der Waals surface area contributed by atoms with E-state index in [1.807, 2.05) is 25.1 Å². The second-order valence-corrected chi connectivity index (χ2v) is 6.88. The molecule has 0 radical (unpaired) electrons. The van der Waals surface area contributed by atoms with Crippen molar-refractivity contribution in [1.82, 2.24) is 0 Å². The number of methoxy groups -OCH3 is 1. The van der Waals surface area contributed by atoms with Gasteiger partial charge in [-0.15, -0.1) is 6.58 Å². The number of carbonyl (C=O) groups is 2. The molecule has 0 N–H and O–H groups in total. The minimum absolute atomic E-state index is 0.0339. The molecule has 1 heterocycles. The van der Waals surface area contributed by atoms with Crippen LogP contribution in [0.4, 0.5) is 0 Å². The van der Waals surface area contributed by atoms with Crippen LogP contribution in [0.5, 0.6) is 11.5 Å². The SMILES string of the molecule is C=CC[C@]12C=C(OC)C(=O)[C@H](C1=O)[C@H](c1ccc3c(c1)OCO3)[C@H]2C. The van der Waals surface area contributed by atoms with Gasteiger partial charge in [-0.3, -0.25) is 9.59 Å². The summed E-state index contributed by atoms with van der Waals surface area (Å²) in [5.74, 6) is 0.345. The van der Waals surface area contributed by atoms with E-state index in [-0.39, 0.29) is 36.0 Å². The van der Waals surface area contributed by atoms with Crippen molar-refractivity contribution in [3.05, 3.63) is 48.3 Å². The molecule has 2 bridgehead atoms. The van der Waals surface area contributed by atoms with Gasteiger partial charge in [0.05, 0.1) is 18.4 Å². The van der Waals surface area contributed by atoms with Crippen LogP contribution in [0.3, 0.4) is 0 Å². The van der Waals surface area contributed by atoms with Crippen molar-refractivity contribution in [2.75, 3.05) is 13.9 Å².